The molecule has 1 saturated carbocycles. The number of amides is 1. The van der Waals surface area contributed by atoms with E-state index in [9.17, 15) is 17.6 Å². The average Bonchev–Trinajstić information content (AvgIpc) is 3.01. The predicted octanol–water partition coefficient (Wildman–Crippen LogP) is 3.08. The quantitative estimate of drug-likeness (QED) is 0.704. The highest BCUT2D eigenvalue weighted by Gasteiger charge is 2.26. The molecule has 0 spiro atoms. The summed E-state index contributed by atoms with van der Waals surface area (Å²) in [5.41, 5.74) is 6.61. The highest BCUT2D eigenvalue weighted by atomic mass is 32.2. The van der Waals surface area contributed by atoms with Gasteiger partial charge < -0.3 is 11.1 Å². The van der Waals surface area contributed by atoms with E-state index in [0.717, 1.165) is 31.4 Å². The minimum absolute atomic E-state index is 0.0305. The van der Waals surface area contributed by atoms with Crippen molar-refractivity contribution in [2.45, 2.75) is 36.6 Å². The molecule has 1 aliphatic rings. The van der Waals surface area contributed by atoms with E-state index in [1.54, 1.807) is 24.3 Å². The second-order valence-electron chi connectivity index (χ2n) is 6.71. The fourth-order valence-electron chi connectivity index (χ4n) is 3.26. The molecule has 1 fully saturated rings. The van der Waals surface area contributed by atoms with E-state index >= 15 is 0 Å². The highest BCUT2D eigenvalue weighted by Crippen LogP contribution is 2.29. The van der Waals surface area contributed by atoms with E-state index in [1.165, 1.54) is 12.1 Å². The zero-order valence-electron chi connectivity index (χ0n) is 14.7. The normalized spacial score (nSPS) is 19.6. The molecule has 0 heterocycles. The number of carbonyl (C=O) groups is 1. The van der Waals surface area contributed by atoms with Gasteiger partial charge in [0.05, 0.1) is 16.3 Å². The van der Waals surface area contributed by atoms with Crippen molar-refractivity contribution in [3.05, 3.63) is 54.3 Å². The van der Waals surface area contributed by atoms with Crippen molar-refractivity contribution in [2.24, 2.45) is 11.7 Å². The van der Waals surface area contributed by atoms with Crippen molar-refractivity contribution in [1.82, 2.24) is 0 Å². The lowest BCUT2D eigenvalue weighted by Gasteiger charge is -2.17. The highest BCUT2D eigenvalue weighted by molar-refractivity contribution is 7.92. The molecule has 144 valence electrons. The van der Waals surface area contributed by atoms with E-state index in [2.05, 4.69) is 10.0 Å². The second kappa shape index (κ2) is 8.06. The Hall–Kier alpha value is -2.45. The van der Waals surface area contributed by atoms with Crippen LogP contribution in [0.15, 0.2) is 53.4 Å². The SMILES string of the molecule is N[C@@H]1CCC[C@H]1CC(=O)Nc1ccccc1NS(=O)(=O)c1ccc(F)cc1. The molecule has 4 N–H and O–H groups in total. The van der Waals surface area contributed by atoms with Gasteiger partial charge in [-0.05, 0) is 55.2 Å². The number of hydrogen-bond acceptors (Lipinski definition) is 4. The van der Waals surface area contributed by atoms with Gasteiger partial charge >= 0.3 is 0 Å². The van der Waals surface area contributed by atoms with Gasteiger partial charge in [0.1, 0.15) is 5.82 Å². The van der Waals surface area contributed by atoms with Gasteiger partial charge in [-0.1, -0.05) is 18.6 Å². The van der Waals surface area contributed by atoms with Crippen molar-refractivity contribution in [1.29, 1.82) is 0 Å². The van der Waals surface area contributed by atoms with Crippen molar-refractivity contribution < 1.29 is 17.6 Å². The van der Waals surface area contributed by atoms with E-state index in [4.69, 9.17) is 5.73 Å². The summed E-state index contributed by atoms with van der Waals surface area (Å²) in [6.45, 7) is 0. The van der Waals surface area contributed by atoms with Crippen LogP contribution in [-0.4, -0.2) is 20.4 Å². The summed E-state index contributed by atoms with van der Waals surface area (Å²) < 4.78 is 40.5. The summed E-state index contributed by atoms with van der Waals surface area (Å²) in [6.07, 6.45) is 3.17. The van der Waals surface area contributed by atoms with Gasteiger partial charge in [-0.2, -0.15) is 0 Å². The Balaban J connectivity index is 1.73. The Kier molecular flexibility index (Phi) is 5.76. The van der Waals surface area contributed by atoms with Crippen LogP contribution in [0.4, 0.5) is 15.8 Å². The Morgan fingerprint density at radius 3 is 2.37 bits per heavy atom. The van der Waals surface area contributed by atoms with Crippen LogP contribution in [-0.2, 0) is 14.8 Å². The van der Waals surface area contributed by atoms with E-state index in [0.29, 0.717) is 12.1 Å². The van der Waals surface area contributed by atoms with Crippen LogP contribution in [0.5, 0.6) is 0 Å². The zero-order chi connectivity index (χ0) is 19.4. The van der Waals surface area contributed by atoms with Crippen LogP contribution >= 0.6 is 0 Å². The number of nitrogens with one attached hydrogen (secondary N) is 2. The molecule has 27 heavy (non-hydrogen) atoms. The maximum absolute atomic E-state index is 13.0. The number of sulfonamides is 1. The van der Waals surface area contributed by atoms with Crippen LogP contribution < -0.4 is 15.8 Å². The van der Waals surface area contributed by atoms with Crippen LogP contribution in [0.25, 0.3) is 0 Å². The fourth-order valence-corrected chi connectivity index (χ4v) is 4.34. The maximum Gasteiger partial charge on any atom is 0.261 e. The van der Waals surface area contributed by atoms with Crippen molar-refractivity contribution in [2.75, 3.05) is 10.0 Å². The Labute approximate surface area is 158 Å². The fraction of sp³-hybridized carbons (Fsp3) is 0.316. The van der Waals surface area contributed by atoms with Gasteiger partial charge in [0.25, 0.3) is 10.0 Å². The Bertz CT molecular complexity index is 916. The molecule has 8 heteroatoms. The molecule has 0 saturated heterocycles. The number of nitrogens with two attached hydrogens (primary N) is 1. The lowest BCUT2D eigenvalue weighted by Crippen LogP contribution is -2.28. The molecule has 2 aromatic rings. The Morgan fingerprint density at radius 1 is 1.07 bits per heavy atom. The Morgan fingerprint density at radius 2 is 1.74 bits per heavy atom. The van der Waals surface area contributed by atoms with Crippen LogP contribution in [0, 0.1) is 11.7 Å². The summed E-state index contributed by atoms with van der Waals surface area (Å²) in [5, 5.41) is 2.76. The first kappa shape index (κ1) is 19.3. The van der Waals surface area contributed by atoms with E-state index in [-0.39, 0.29) is 28.4 Å². The monoisotopic (exact) mass is 391 g/mol. The molecule has 0 bridgehead atoms. The summed E-state index contributed by atoms with van der Waals surface area (Å²) >= 11 is 0. The first-order chi connectivity index (χ1) is 12.8. The van der Waals surface area contributed by atoms with Gasteiger partial charge in [0.2, 0.25) is 5.91 Å². The molecule has 0 aromatic heterocycles. The van der Waals surface area contributed by atoms with Gasteiger partial charge in [0.15, 0.2) is 0 Å². The first-order valence-corrected chi connectivity index (χ1v) is 10.3. The lowest BCUT2D eigenvalue weighted by atomic mass is 10.00. The number of halogens is 1. The van der Waals surface area contributed by atoms with Crippen molar-refractivity contribution in [3.63, 3.8) is 0 Å². The summed E-state index contributed by atoms with van der Waals surface area (Å²) in [7, 11) is -3.91. The third-order valence-corrected chi connectivity index (χ3v) is 6.12. The molecule has 2 aromatic carbocycles. The lowest BCUT2D eigenvalue weighted by molar-refractivity contribution is -0.117. The number of rotatable bonds is 6. The standard InChI is InChI=1S/C19H22FN3O3S/c20-14-8-10-15(11-9-14)27(25,26)23-18-7-2-1-6-17(18)22-19(24)12-13-4-3-5-16(13)21/h1-2,6-11,13,16,23H,3-5,12,21H2,(H,22,24)/t13-,16+/m0/s1. The minimum atomic E-state index is -3.91. The number of carbonyl (C=O) groups excluding carboxylic acids is 1. The number of benzene rings is 2. The van der Waals surface area contributed by atoms with Crippen LogP contribution in [0.1, 0.15) is 25.7 Å². The first-order valence-electron chi connectivity index (χ1n) is 8.78. The summed E-state index contributed by atoms with van der Waals surface area (Å²) in [5.74, 6) is -0.578. The van der Waals surface area contributed by atoms with Crippen LogP contribution in [0.2, 0.25) is 0 Å². The number of hydrogen-bond donors (Lipinski definition) is 3. The number of para-hydroxylation sites is 2. The molecular formula is C19H22FN3O3S. The molecule has 1 aliphatic carbocycles. The zero-order valence-corrected chi connectivity index (χ0v) is 15.5. The summed E-state index contributed by atoms with van der Waals surface area (Å²) in [4.78, 5) is 12.3. The maximum atomic E-state index is 13.0. The van der Waals surface area contributed by atoms with Gasteiger partial charge in [-0.15, -0.1) is 0 Å². The smallest absolute Gasteiger partial charge is 0.261 e. The number of anilines is 2. The van der Waals surface area contributed by atoms with E-state index in [1.807, 2.05) is 0 Å². The molecule has 6 nitrogen and oxygen atoms in total. The molecule has 2 atom stereocenters. The summed E-state index contributed by atoms with van der Waals surface area (Å²) in [6, 6.07) is 11.1. The van der Waals surface area contributed by atoms with E-state index < -0.39 is 15.8 Å². The average molecular weight is 391 g/mol. The molecule has 0 unspecified atom stereocenters. The molecular weight excluding hydrogens is 369 g/mol. The topological polar surface area (TPSA) is 101 Å². The van der Waals surface area contributed by atoms with Gasteiger partial charge in [-0.25, -0.2) is 12.8 Å². The van der Waals surface area contributed by atoms with Crippen molar-refractivity contribution in [3.8, 4) is 0 Å². The minimum Gasteiger partial charge on any atom is -0.327 e. The molecule has 1 amide bonds. The van der Waals surface area contributed by atoms with Gasteiger partial charge in [0, 0.05) is 12.5 Å². The van der Waals surface area contributed by atoms with Crippen LogP contribution in [0.3, 0.4) is 0 Å². The van der Waals surface area contributed by atoms with Crippen molar-refractivity contribution >= 4 is 27.3 Å². The molecule has 0 aliphatic heterocycles. The van der Waals surface area contributed by atoms with Gasteiger partial charge in [-0.3, -0.25) is 9.52 Å². The molecule has 3 rings (SSSR count). The third-order valence-electron chi connectivity index (χ3n) is 4.73. The largest absolute Gasteiger partial charge is 0.327 e. The third kappa shape index (κ3) is 4.84. The molecule has 0 radical (unpaired) electrons. The second-order valence-corrected chi connectivity index (χ2v) is 8.39. The predicted molar refractivity (Wildman–Crippen MR) is 102 cm³/mol.